The van der Waals surface area contributed by atoms with Gasteiger partial charge in [-0.25, -0.2) is 4.98 Å². The van der Waals surface area contributed by atoms with Crippen LogP contribution < -0.4 is 10.2 Å². The van der Waals surface area contributed by atoms with Crippen molar-refractivity contribution in [1.82, 2.24) is 14.8 Å². The Labute approximate surface area is 234 Å². The summed E-state index contributed by atoms with van der Waals surface area (Å²) >= 11 is 7.63. The number of hydrogen-bond donors (Lipinski definition) is 1. The highest BCUT2D eigenvalue weighted by molar-refractivity contribution is 7.13. The smallest absolute Gasteiger partial charge is 0.245 e. The molecule has 0 atom stereocenters. The summed E-state index contributed by atoms with van der Waals surface area (Å²) < 4.78 is 0. The van der Waals surface area contributed by atoms with Crippen LogP contribution in [-0.2, 0) is 20.8 Å². The number of piperazine rings is 1. The summed E-state index contributed by atoms with van der Waals surface area (Å²) in [6, 6.07) is 7.76. The molecule has 2 aliphatic rings. The maximum atomic E-state index is 13.1. The van der Waals surface area contributed by atoms with Crippen LogP contribution in [0.25, 0.3) is 0 Å². The normalized spacial score (nSPS) is 16.5. The first-order chi connectivity index (χ1) is 18.3. The molecule has 1 saturated carbocycles. The minimum Gasteiger partial charge on any atom is -0.367 e. The van der Waals surface area contributed by atoms with Gasteiger partial charge >= 0.3 is 0 Å². The van der Waals surface area contributed by atoms with Crippen LogP contribution in [0, 0.1) is 11.8 Å². The molecule has 1 aliphatic heterocycles. The fourth-order valence-corrected chi connectivity index (χ4v) is 6.21. The Morgan fingerprint density at radius 2 is 1.82 bits per heavy atom. The summed E-state index contributed by atoms with van der Waals surface area (Å²) in [6.07, 6.45) is 5.35. The summed E-state index contributed by atoms with van der Waals surface area (Å²) in [5, 5.41) is 5.82. The van der Waals surface area contributed by atoms with Gasteiger partial charge in [-0.05, 0) is 30.9 Å². The Balaban J connectivity index is 1.26. The lowest BCUT2D eigenvalue weighted by Crippen LogP contribution is -2.49. The first-order valence-electron chi connectivity index (χ1n) is 13.6. The summed E-state index contributed by atoms with van der Waals surface area (Å²) in [7, 11) is 0. The van der Waals surface area contributed by atoms with Crippen molar-refractivity contribution in [3.8, 4) is 0 Å². The molecular weight excluding hydrogens is 522 g/mol. The molecule has 2 heterocycles. The van der Waals surface area contributed by atoms with Crippen molar-refractivity contribution in [2.45, 2.75) is 52.4 Å². The fraction of sp³-hybridized carbons (Fsp3) is 0.571. The topological polar surface area (TPSA) is 85.8 Å². The molecule has 2 aromatic rings. The van der Waals surface area contributed by atoms with E-state index in [1.165, 1.54) is 17.8 Å². The van der Waals surface area contributed by atoms with Crippen LogP contribution in [-0.4, -0.2) is 71.8 Å². The molecule has 0 spiro atoms. The number of aromatic nitrogens is 1. The zero-order valence-electron chi connectivity index (χ0n) is 22.3. The average molecular weight is 560 g/mol. The number of nitrogens with zero attached hydrogens (tertiary/aromatic N) is 4. The molecule has 38 heavy (non-hydrogen) atoms. The van der Waals surface area contributed by atoms with Crippen LogP contribution >= 0.6 is 22.9 Å². The van der Waals surface area contributed by atoms with Gasteiger partial charge in [-0.15, -0.1) is 11.3 Å². The van der Waals surface area contributed by atoms with Gasteiger partial charge < -0.3 is 20.0 Å². The number of carbonyl (C=O) groups excluding carboxylic acids is 3. The lowest BCUT2D eigenvalue weighted by molar-refractivity contribution is -0.139. The van der Waals surface area contributed by atoms with Crippen molar-refractivity contribution in [1.29, 1.82) is 0 Å². The number of hydrogen-bond acceptors (Lipinski definition) is 6. The van der Waals surface area contributed by atoms with E-state index in [0.29, 0.717) is 30.5 Å². The van der Waals surface area contributed by atoms with Gasteiger partial charge in [0.05, 0.1) is 29.4 Å². The third kappa shape index (κ3) is 7.69. The lowest BCUT2D eigenvalue weighted by atomic mass is 9.88. The zero-order chi connectivity index (χ0) is 27.1. The third-order valence-corrected chi connectivity index (χ3v) is 8.27. The summed E-state index contributed by atoms with van der Waals surface area (Å²) in [6.45, 7) is 7.39. The van der Waals surface area contributed by atoms with Crippen LogP contribution in [0.2, 0.25) is 5.02 Å². The highest BCUT2D eigenvalue weighted by atomic mass is 35.5. The Hall–Kier alpha value is -2.65. The van der Waals surface area contributed by atoms with Gasteiger partial charge in [0.2, 0.25) is 17.7 Å². The number of carbonyl (C=O) groups is 3. The quantitative estimate of drug-likeness (QED) is 0.482. The van der Waals surface area contributed by atoms with Gasteiger partial charge in [-0.2, -0.15) is 0 Å². The molecule has 1 aliphatic carbocycles. The van der Waals surface area contributed by atoms with Crippen LogP contribution in [0.5, 0.6) is 0 Å². The van der Waals surface area contributed by atoms with Crippen LogP contribution in [0.4, 0.5) is 10.8 Å². The lowest BCUT2D eigenvalue weighted by Gasteiger charge is -2.36. The number of amides is 3. The van der Waals surface area contributed by atoms with E-state index in [0.717, 1.165) is 49.5 Å². The predicted molar refractivity (Wildman–Crippen MR) is 153 cm³/mol. The third-order valence-electron chi connectivity index (χ3n) is 7.14. The molecule has 4 rings (SSSR count). The summed E-state index contributed by atoms with van der Waals surface area (Å²) in [5.74, 6) is 0.165. The second-order valence-corrected chi connectivity index (χ2v) is 11.9. The van der Waals surface area contributed by atoms with Gasteiger partial charge in [0.25, 0.3) is 0 Å². The molecule has 0 bridgehead atoms. The van der Waals surface area contributed by atoms with Crippen LogP contribution in [0.15, 0.2) is 29.6 Å². The van der Waals surface area contributed by atoms with E-state index < -0.39 is 0 Å². The van der Waals surface area contributed by atoms with Crippen molar-refractivity contribution in [2.75, 3.05) is 49.5 Å². The Morgan fingerprint density at radius 3 is 2.50 bits per heavy atom. The Morgan fingerprint density at radius 1 is 1.11 bits per heavy atom. The van der Waals surface area contributed by atoms with E-state index in [9.17, 15) is 14.4 Å². The Kier molecular flexibility index (Phi) is 10.0. The van der Waals surface area contributed by atoms with Crippen molar-refractivity contribution < 1.29 is 14.4 Å². The molecule has 1 saturated heterocycles. The van der Waals surface area contributed by atoms with Crippen molar-refractivity contribution in [3.05, 3.63) is 40.4 Å². The number of para-hydroxylation sites is 1. The zero-order valence-corrected chi connectivity index (χ0v) is 23.9. The molecular formula is C28H38ClN5O3S. The maximum absolute atomic E-state index is 13.1. The average Bonchev–Trinajstić information content (AvgIpc) is 3.34. The predicted octanol–water partition coefficient (Wildman–Crippen LogP) is 4.69. The highest BCUT2D eigenvalue weighted by Crippen LogP contribution is 2.27. The number of anilines is 2. The first kappa shape index (κ1) is 28.4. The van der Waals surface area contributed by atoms with Gasteiger partial charge in [-0.1, -0.05) is 56.8 Å². The number of benzene rings is 1. The molecule has 1 N–H and O–H groups in total. The molecule has 1 aromatic heterocycles. The molecule has 0 unspecified atom stereocenters. The van der Waals surface area contributed by atoms with Gasteiger partial charge in [0.15, 0.2) is 5.13 Å². The molecule has 0 radical (unpaired) electrons. The molecule has 8 nitrogen and oxygen atoms in total. The molecule has 3 amide bonds. The largest absolute Gasteiger partial charge is 0.367 e. The minimum atomic E-state index is -0.252. The van der Waals surface area contributed by atoms with Gasteiger partial charge in [0, 0.05) is 44.0 Å². The number of halogens is 1. The van der Waals surface area contributed by atoms with E-state index in [1.54, 1.807) is 4.90 Å². The number of nitrogens with one attached hydrogen (secondary N) is 1. The monoisotopic (exact) mass is 559 g/mol. The molecule has 206 valence electrons. The second-order valence-electron chi connectivity index (χ2n) is 10.6. The SMILES string of the molecule is CC(C)CN(CC(=O)Nc1nc(CC(=O)N2CCN(c3ccccc3Cl)CC2)cs1)C(=O)C1CCCCC1. The van der Waals surface area contributed by atoms with Gasteiger partial charge in [0.1, 0.15) is 0 Å². The molecule has 10 heteroatoms. The first-order valence-corrected chi connectivity index (χ1v) is 14.9. The van der Waals surface area contributed by atoms with Crippen molar-refractivity contribution >= 4 is 51.5 Å². The van der Waals surface area contributed by atoms with Crippen molar-refractivity contribution in [3.63, 3.8) is 0 Å². The van der Waals surface area contributed by atoms with E-state index >= 15 is 0 Å². The van der Waals surface area contributed by atoms with E-state index in [2.05, 4.69) is 29.0 Å². The minimum absolute atomic E-state index is 0.0215. The van der Waals surface area contributed by atoms with E-state index in [-0.39, 0.29) is 42.5 Å². The fourth-order valence-electron chi connectivity index (χ4n) is 5.23. The standard InChI is InChI=1S/C28H38ClN5O3S/c1-20(2)17-34(27(37)21-8-4-3-5-9-21)18-25(35)31-28-30-22(19-38-28)16-26(36)33-14-12-32(13-15-33)24-11-7-6-10-23(24)29/h6-7,10-11,19-21H,3-5,8-9,12-18H2,1-2H3,(H,30,31,35). The van der Waals surface area contributed by atoms with E-state index in [4.69, 9.17) is 11.6 Å². The second kappa shape index (κ2) is 13.4. The number of rotatable bonds is 9. The maximum Gasteiger partial charge on any atom is 0.245 e. The van der Waals surface area contributed by atoms with Crippen LogP contribution in [0.1, 0.15) is 51.6 Å². The van der Waals surface area contributed by atoms with Crippen LogP contribution in [0.3, 0.4) is 0 Å². The number of thiazole rings is 1. The summed E-state index contributed by atoms with van der Waals surface area (Å²) in [4.78, 5) is 49.0. The van der Waals surface area contributed by atoms with Gasteiger partial charge in [-0.3, -0.25) is 14.4 Å². The molecule has 2 fully saturated rings. The van der Waals surface area contributed by atoms with Crippen molar-refractivity contribution in [2.24, 2.45) is 11.8 Å². The summed E-state index contributed by atoms with van der Waals surface area (Å²) in [5.41, 5.74) is 1.63. The Bertz CT molecular complexity index is 1110. The molecule has 1 aromatic carbocycles. The van der Waals surface area contributed by atoms with E-state index in [1.807, 2.05) is 34.5 Å². The highest BCUT2D eigenvalue weighted by Gasteiger charge is 2.28.